The van der Waals surface area contributed by atoms with Crippen LogP contribution in [0.15, 0.2) is 24.3 Å². The van der Waals surface area contributed by atoms with Crippen LogP contribution in [0, 0.1) is 0 Å². The maximum Gasteiger partial charge on any atom is 0.330 e. The first kappa shape index (κ1) is 12.1. The number of urea groups is 1. The van der Waals surface area contributed by atoms with Crippen molar-refractivity contribution in [1.29, 1.82) is 0 Å². The monoisotopic (exact) mass is 243 g/mol. The van der Waals surface area contributed by atoms with Crippen molar-refractivity contribution in [2.75, 3.05) is 6.61 Å². The zero-order valence-corrected chi connectivity index (χ0v) is 8.95. The third-order valence-corrected chi connectivity index (χ3v) is 1.76. The highest BCUT2D eigenvalue weighted by molar-refractivity contribution is 6.30. The number of amides is 3. The summed E-state index contributed by atoms with van der Waals surface area (Å²) in [5, 5.41) is 0.576. The molecule has 0 spiro atoms. The van der Waals surface area contributed by atoms with E-state index in [1.807, 2.05) is 10.9 Å². The molecule has 0 aliphatic rings. The molecule has 0 fully saturated rings. The minimum absolute atomic E-state index is 0.234. The van der Waals surface area contributed by atoms with E-state index < -0.39 is 11.9 Å². The summed E-state index contributed by atoms with van der Waals surface area (Å²) >= 11 is 5.66. The second-order valence-corrected chi connectivity index (χ2v) is 3.22. The van der Waals surface area contributed by atoms with Crippen LogP contribution in [0.2, 0.25) is 5.02 Å². The predicted molar refractivity (Wildman–Crippen MR) is 57.8 cm³/mol. The molecule has 0 saturated heterocycles. The van der Waals surface area contributed by atoms with Gasteiger partial charge >= 0.3 is 6.03 Å². The largest absolute Gasteiger partial charge is 0.484 e. The molecule has 16 heavy (non-hydrogen) atoms. The highest BCUT2D eigenvalue weighted by Crippen LogP contribution is 2.15. The van der Waals surface area contributed by atoms with Gasteiger partial charge in [0.1, 0.15) is 5.75 Å². The van der Waals surface area contributed by atoms with E-state index in [1.165, 1.54) is 0 Å². The topological polar surface area (TPSA) is 93.5 Å². The number of halogens is 1. The van der Waals surface area contributed by atoms with Gasteiger partial charge in [0.2, 0.25) is 0 Å². The Morgan fingerprint density at radius 2 is 1.88 bits per heavy atom. The smallest absolute Gasteiger partial charge is 0.330 e. The molecule has 6 nitrogen and oxygen atoms in total. The number of carbonyl (C=O) groups is 2. The highest BCUT2D eigenvalue weighted by Gasteiger charge is 2.02. The second-order valence-electron chi connectivity index (χ2n) is 2.78. The van der Waals surface area contributed by atoms with Crippen LogP contribution >= 0.6 is 11.6 Å². The Bertz CT molecular complexity index is 380. The summed E-state index contributed by atoms with van der Waals surface area (Å²) in [5.41, 5.74) is 8.72. The predicted octanol–water partition coefficient (Wildman–Crippen LogP) is 0.418. The van der Waals surface area contributed by atoms with Gasteiger partial charge in [0.25, 0.3) is 5.91 Å². The first-order valence-corrected chi connectivity index (χ1v) is 4.68. The van der Waals surface area contributed by atoms with Crippen molar-refractivity contribution in [3.63, 3.8) is 0 Å². The lowest BCUT2D eigenvalue weighted by Gasteiger charge is -2.06. The molecule has 0 bridgehead atoms. The molecule has 0 aromatic heterocycles. The Morgan fingerprint density at radius 1 is 1.25 bits per heavy atom. The Labute approximate surface area is 96.7 Å². The summed E-state index contributed by atoms with van der Waals surface area (Å²) in [6.07, 6.45) is 0. The van der Waals surface area contributed by atoms with Crippen molar-refractivity contribution < 1.29 is 14.3 Å². The number of rotatable bonds is 3. The van der Waals surface area contributed by atoms with Crippen LogP contribution in [0.4, 0.5) is 4.79 Å². The van der Waals surface area contributed by atoms with Gasteiger partial charge in [-0.3, -0.25) is 10.2 Å². The van der Waals surface area contributed by atoms with Gasteiger partial charge in [-0.15, -0.1) is 0 Å². The van der Waals surface area contributed by atoms with E-state index in [0.717, 1.165) is 0 Å². The number of carbonyl (C=O) groups excluding carboxylic acids is 2. The molecule has 3 amide bonds. The minimum atomic E-state index is -0.847. The van der Waals surface area contributed by atoms with Crippen LogP contribution in [-0.4, -0.2) is 18.5 Å². The Balaban J connectivity index is 2.31. The van der Waals surface area contributed by atoms with Gasteiger partial charge in [-0.05, 0) is 24.3 Å². The number of benzene rings is 1. The minimum Gasteiger partial charge on any atom is -0.484 e. The van der Waals surface area contributed by atoms with E-state index in [0.29, 0.717) is 10.8 Å². The zero-order valence-electron chi connectivity index (χ0n) is 8.20. The standard InChI is InChI=1S/C9H10ClN3O3/c10-6-1-3-7(4-2-6)16-5-8(14)12-13-9(11)15/h1-4H,5H2,(H,12,14)(H3,11,13,15). The normalized spacial score (nSPS) is 9.31. The van der Waals surface area contributed by atoms with Crippen LogP contribution in [0.1, 0.15) is 0 Å². The fourth-order valence-corrected chi connectivity index (χ4v) is 0.973. The van der Waals surface area contributed by atoms with Gasteiger partial charge in [-0.25, -0.2) is 10.2 Å². The van der Waals surface area contributed by atoms with Crippen LogP contribution in [0.25, 0.3) is 0 Å². The number of primary amides is 1. The van der Waals surface area contributed by atoms with Gasteiger partial charge in [-0.2, -0.15) is 0 Å². The van der Waals surface area contributed by atoms with Crippen molar-refractivity contribution in [3.05, 3.63) is 29.3 Å². The SMILES string of the molecule is NC(=O)NNC(=O)COc1ccc(Cl)cc1. The lowest BCUT2D eigenvalue weighted by atomic mass is 10.3. The molecular formula is C9H10ClN3O3. The van der Waals surface area contributed by atoms with Crippen LogP contribution in [0.5, 0.6) is 5.75 Å². The zero-order chi connectivity index (χ0) is 12.0. The molecule has 7 heteroatoms. The van der Waals surface area contributed by atoms with E-state index in [-0.39, 0.29) is 6.61 Å². The Morgan fingerprint density at radius 3 is 2.44 bits per heavy atom. The van der Waals surface area contributed by atoms with Crippen molar-refractivity contribution in [1.82, 2.24) is 10.9 Å². The van der Waals surface area contributed by atoms with E-state index >= 15 is 0 Å². The molecule has 0 radical (unpaired) electrons. The van der Waals surface area contributed by atoms with Crippen molar-refractivity contribution >= 4 is 23.5 Å². The van der Waals surface area contributed by atoms with Crippen LogP contribution < -0.4 is 21.3 Å². The molecule has 0 atom stereocenters. The fourth-order valence-electron chi connectivity index (χ4n) is 0.847. The van der Waals surface area contributed by atoms with Crippen LogP contribution in [0.3, 0.4) is 0 Å². The van der Waals surface area contributed by atoms with Gasteiger partial charge in [0.05, 0.1) is 0 Å². The van der Waals surface area contributed by atoms with Gasteiger partial charge < -0.3 is 10.5 Å². The lowest BCUT2D eigenvalue weighted by molar-refractivity contribution is -0.123. The highest BCUT2D eigenvalue weighted by atomic mass is 35.5. The summed E-state index contributed by atoms with van der Waals surface area (Å²) in [7, 11) is 0. The third kappa shape index (κ3) is 4.52. The number of nitrogens with two attached hydrogens (primary N) is 1. The molecule has 0 saturated carbocycles. The molecule has 1 rings (SSSR count). The molecule has 0 heterocycles. The van der Waals surface area contributed by atoms with E-state index in [4.69, 9.17) is 22.1 Å². The first-order chi connectivity index (χ1) is 7.58. The fraction of sp³-hybridized carbons (Fsp3) is 0.111. The summed E-state index contributed by atoms with van der Waals surface area (Å²) in [4.78, 5) is 21.3. The molecular weight excluding hydrogens is 234 g/mol. The maximum absolute atomic E-state index is 11.1. The Hall–Kier alpha value is -1.95. The molecule has 1 aromatic rings. The summed E-state index contributed by atoms with van der Waals surface area (Å²) in [6.45, 7) is -0.234. The van der Waals surface area contributed by atoms with E-state index in [1.54, 1.807) is 24.3 Å². The summed E-state index contributed by atoms with van der Waals surface area (Å²) < 4.78 is 5.09. The average Bonchev–Trinajstić information content (AvgIpc) is 2.25. The average molecular weight is 244 g/mol. The quantitative estimate of drug-likeness (QED) is 0.672. The van der Waals surface area contributed by atoms with E-state index in [9.17, 15) is 9.59 Å². The number of ether oxygens (including phenoxy) is 1. The number of hydrogen-bond acceptors (Lipinski definition) is 3. The molecule has 1 aromatic carbocycles. The third-order valence-electron chi connectivity index (χ3n) is 1.51. The summed E-state index contributed by atoms with van der Waals surface area (Å²) in [5.74, 6) is -0.0209. The second kappa shape index (κ2) is 5.82. The lowest BCUT2D eigenvalue weighted by Crippen LogP contribution is -2.46. The molecule has 0 aliphatic carbocycles. The van der Waals surface area contributed by atoms with Crippen molar-refractivity contribution in [2.45, 2.75) is 0 Å². The number of hydrazine groups is 1. The molecule has 86 valence electrons. The van der Waals surface area contributed by atoms with Crippen molar-refractivity contribution in [2.24, 2.45) is 5.73 Å². The maximum atomic E-state index is 11.1. The van der Waals surface area contributed by atoms with Crippen molar-refractivity contribution in [3.8, 4) is 5.75 Å². The summed E-state index contributed by atoms with van der Waals surface area (Å²) in [6, 6.07) is 5.67. The van der Waals surface area contributed by atoms with Gasteiger partial charge in [0, 0.05) is 5.02 Å². The molecule has 0 unspecified atom stereocenters. The number of hydrogen-bond donors (Lipinski definition) is 3. The number of nitrogens with one attached hydrogen (secondary N) is 2. The van der Waals surface area contributed by atoms with Crippen LogP contribution in [-0.2, 0) is 4.79 Å². The molecule has 4 N–H and O–H groups in total. The molecule has 0 aliphatic heterocycles. The van der Waals surface area contributed by atoms with E-state index in [2.05, 4.69) is 0 Å². The first-order valence-electron chi connectivity index (χ1n) is 4.30. The van der Waals surface area contributed by atoms with Gasteiger partial charge in [0.15, 0.2) is 6.61 Å². The van der Waals surface area contributed by atoms with Gasteiger partial charge in [-0.1, -0.05) is 11.6 Å². The Kier molecular flexibility index (Phi) is 4.41.